The minimum absolute atomic E-state index is 0.0834. The molecule has 102 valence electrons. The second kappa shape index (κ2) is 5.03. The van der Waals surface area contributed by atoms with Gasteiger partial charge in [-0.25, -0.2) is 0 Å². The average molecular weight is 262 g/mol. The molecule has 1 heterocycles. The number of Topliss-reactive ketones (excluding diaryl/α,β-unsaturated/α-hetero) is 1. The molecule has 2 rings (SSSR count). The number of ketones is 1. The van der Waals surface area contributed by atoms with Crippen LogP contribution in [-0.4, -0.2) is 24.5 Å². The number of para-hydroxylation sites is 1. The highest BCUT2D eigenvalue weighted by Gasteiger charge is 2.32. The number of hydrogen-bond acceptors (Lipinski definition) is 4. The van der Waals surface area contributed by atoms with E-state index in [1.165, 1.54) is 7.11 Å². The van der Waals surface area contributed by atoms with E-state index in [0.29, 0.717) is 11.3 Å². The minimum atomic E-state index is -0.373. The molecule has 0 fully saturated rings. The lowest BCUT2D eigenvalue weighted by Gasteiger charge is -2.17. The van der Waals surface area contributed by atoms with Crippen molar-refractivity contribution in [3.63, 3.8) is 0 Å². The van der Waals surface area contributed by atoms with Gasteiger partial charge in [0, 0.05) is 12.8 Å². The van der Waals surface area contributed by atoms with E-state index in [1.807, 2.05) is 26.0 Å². The van der Waals surface area contributed by atoms with E-state index in [0.717, 1.165) is 12.0 Å². The standard InChI is InChI=1S/C15H18O4/c1-15(2)9-10-5-4-6-11(14(10)19-15)12(16)7-8-13(17)18-3/h4-6H,7-9H2,1-3H3. The lowest BCUT2D eigenvalue weighted by atomic mass is 9.98. The molecule has 1 aromatic rings. The van der Waals surface area contributed by atoms with Crippen molar-refractivity contribution in [3.8, 4) is 5.75 Å². The number of rotatable bonds is 4. The quantitative estimate of drug-likeness (QED) is 0.618. The van der Waals surface area contributed by atoms with Crippen LogP contribution in [0.3, 0.4) is 0 Å². The molecule has 0 amide bonds. The van der Waals surface area contributed by atoms with Gasteiger partial charge in [0.1, 0.15) is 11.4 Å². The fraction of sp³-hybridized carbons (Fsp3) is 0.467. The summed E-state index contributed by atoms with van der Waals surface area (Å²) >= 11 is 0. The number of ether oxygens (including phenoxy) is 2. The summed E-state index contributed by atoms with van der Waals surface area (Å²) in [6.07, 6.45) is 1.04. The van der Waals surface area contributed by atoms with Gasteiger partial charge in [-0.15, -0.1) is 0 Å². The van der Waals surface area contributed by atoms with Crippen LogP contribution in [-0.2, 0) is 16.0 Å². The molecule has 19 heavy (non-hydrogen) atoms. The van der Waals surface area contributed by atoms with E-state index in [4.69, 9.17) is 4.74 Å². The van der Waals surface area contributed by atoms with Crippen LogP contribution in [0.2, 0.25) is 0 Å². The van der Waals surface area contributed by atoms with Crippen molar-refractivity contribution in [2.75, 3.05) is 7.11 Å². The monoisotopic (exact) mass is 262 g/mol. The summed E-state index contributed by atoms with van der Waals surface area (Å²) in [4.78, 5) is 23.2. The molecule has 1 aliphatic heterocycles. The maximum atomic E-state index is 12.1. The summed E-state index contributed by atoms with van der Waals surface area (Å²) in [7, 11) is 1.32. The molecule has 0 bridgehead atoms. The van der Waals surface area contributed by atoms with E-state index in [9.17, 15) is 9.59 Å². The molecule has 1 aliphatic rings. The normalized spacial score (nSPS) is 15.5. The van der Waals surface area contributed by atoms with E-state index in [2.05, 4.69) is 4.74 Å². The Kier molecular flexibility index (Phi) is 3.60. The van der Waals surface area contributed by atoms with Crippen LogP contribution in [0.25, 0.3) is 0 Å². The van der Waals surface area contributed by atoms with Crippen molar-refractivity contribution in [1.82, 2.24) is 0 Å². The molecule has 0 radical (unpaired) electrons. The van der Waals surface area contributed by atoms with Crippen LogP contribution in [0.4, 0.5) is 0 Å². The Morgan fingerprint density at radius 2 is 2.05 bits per heavy atom. The number of methoxy groups -OCH3 is 1. The van der Waals surface area contributed by atoms with Gasteiger partial charge in [-0.3, -0.25) is 9.59 Å². The number of esters is 1. The zero-order valence-corrected chi connectivity index (χ0v) is 11.5. The molecular weight excluding hydrogens is 244 g/mol. The highest BCUT2D eigenvalue weighted by Crippen LogP contribution is 2.38. The van der Waals surface area contributed by atoms with Gasteiger partial charge in [-0.05, 0) is 25.5 Å². The molecule has 4 nitrogen and oxygen atoms in total. The first kappa shape index (κ1) is 13.6. The Labute approximate surface area is 112 Å². The molecular formula is C15H18O4. The summed E-state index contributed by atoms with van der Waals surface area (Å²) in [5.74, 6) is 0.212. The number of hydrogen-bond donors (Lipinski definition) is 0. The van der Waals surface area contributed by atoms with Crippen molar-refractivity contribution in [3.05, 3.63) is 29.3 Å². The average Bonchev–Trinajstić information content (AvgIpc) is 2.68. The SMILES string of the molecule is COC(=O)CCC(=O)c1cccc2c1OC(C)(C)C2. The molecule has 4 heteroatoms. The zero-order valence-electron chi connectivity index (χ0n) is 11.5. The maximum Gasteiger partial charge on any atom is 0.305 e. The first-order valence-corrected chi connectivity index (χ1v) is 6.34. The Hall–Kier alpha value is -1.84. The largest absolute Gasteiger partial charge is 0.486 e. The molecule has 0 N–H and O–H groups in total. The highest BCUT2D eigenvalue weighted by atomic mass is 16.5. The topological polar surface area (TPSA) is 52.6 Å². The van der Waals surface area contributed by atoms with E-state index >= 15 is 0 Å². The fourth-order valence-corrected chi connectivity index (χ4v) is 2.29. The third kappa shape index (κ3) is 2.95. The second-order valence-electron chi connectivity index (χ2n) is 5.33. The lowest BCUT2D eigenvalue weighted by molar-refractivity contribution is -0.140. The van der Waals surface area contributed by atoms with Crippen LogP contribution >= 0.6 is 0 Å². The Bertz CT molecular complexity index is 517. The summed E-state index contributed by atoms with van der Waals surface area (Å²) in [5, 5.41) is 0. The van der Waals surface area contributed by atoms with Crippen LogP contribution in [0.1, 0.15) is 42.6 Å². The van der Waals surface area contributed by atoms with E-state index in [1.54, 1.807) is 6.07 Å². The fourth-order valence-electron chi connectivity index (χ4n) is 2.29. The lowest BCUT2D eigenvalue weighted by Crippen LogP contribution is -2.25. The Morgan fingerprint density at radius 3 is 2.74 bits per heavy atom. The van der Waals surface area contributed by atoms with Gasteiger partial charge in [0.15, 0.2) is 5.78 Å². The van der Waals surface area contributed by atoms with Gasteiger partial charge < -0.3 is 9.47 Å². The van der Waals surface area contributed by atoms with Crippen molar-refractivity contribution in [2.45, 2.75) is 38.7 Å². The first-order chi connectivity index (χ1) is 8.93. The van der Waals surface area contributed by atoms with Gasteiger partial charge >= 0.3 is 5.97 Å². The number of carbonyl (C=O) groups is 2. The number of fused-ring (bicyclic) bond motifs is 1. The third-order valence-corrected chi connectivity index (χ3v) is 3.18. The summed E-state index contributed by atoms with van der Waals surface area (Å²) in [6, 6.07) is 5.58. The van der Waals surface area contributed by atoms with Crippen LogP contribution < -0.4 is 4.74 Å². The van der Waals surface area contributed by atoms with Gasteiger partial charge in [0.05, 0.1) is 19.1 Å². The molecule has 0 spiro atoms. The van der Waals surface area contributed by atoms with Gasteiger partial charge in [0.2, 0.25) is 0 Å². The van der Waals surface area contributed by atoms with Crippen LogP contribution in [0.5, 0.6) is 5.75 Å². The first-order valence-electron chi connectivity index (χ1n) is 6.34. The van der Waals surface area contributed by atoms with Crippen LogP contribution in [0.15, 0.2) is 18.2 Å². The number of benzene rings is 1. The predicted molar refractivity (Wildman–Crippen MR) is 70.4 cm³/mol. The second-order valence-corrected chi connectivity index (χ2v) is 5.33. The number of carbonyl (C=O) groups excluding carboxylic acids is 2. The summed E-state index contributed by atoms with van der Waals surface area (Å²) in [5.41, 5.74) is 1.34. The zero-order chi connectivity index (χ0) is 14.0. The van der Waals surface area contributed by atoms with E-state index < -0.39 is 0 Å². The summed E-state index contributed by atoms with van der Waals surface area (Å²) < 4.78 is 10.4. The van der Waals surface area contributed by atoms with Crippen LogP contribution in [0, 0.1) is 0 Å². The van der Waals surface area contributed by atoms with Crippen molar-refractivity contribution >= 4 is 11.8 Å². The molecule has 0 unspecified atom stereocenters. The van der Waals surface area contributed by atoms with Crippen molar-refractivity contribution < 1.29 is 19.1 Å². The molecule has 0 saturated heterocycles. The third-order valence-electron chi connectivity index (χ3n) is 3.18. The Morgan fingerprint density at radius 1 is 1.32 bits per heavy atom. The van der Waals surface area contributed by atoms with E-state index in [-0.39, 0.29) is 30.2 Å². The molecule has 0 aromatic heterocycles. The van der Waals surface area contributed by atoms with Gasteiger partial charge in [-0.1, -0.05) is 12.1 Å². The Balaban J connectivity index is 2.17. The van der Waals surface area contributed by atoms with Gasteiger partial charge in [-0.2, -0.15) is 0 Å². The highest BCUT2D eigenvalue weighted by molar-refractivity contribution is 6.00. The van der Waals surface area contributed by atoms with Crippen molar-refractivity contribution in [2.24, 2.45) is 0 Å². The van der Waals surface area contributed by atoms with Gasteiger partial charge in [0.25, 0.3) is 0 Å². The summed E-state index contributed by atoms with van der Waals surface area (Å²) in [6.45, 7) is 3.99. The smallest absolute Gasteiger partial charge is 0.305 e. The maximum absolute atomic E-state index is 12.1. The minimum Gasteiger partial charge on any atom is -0.486 e. The molecule has 0 saturated carbocycles. The molecule has 1 aromatic carbocycles. The molecule has 0 aliphatic carbocycles. The molecule has 0 atom stereocenters. The predicted octanol–water partition coefficient (Wildman–Crippen LogP) is 2.54. The van der Waals surface area contributed by atoms with Crippen molar-refractivity contribution in [1.29, 1.82) is 0 Å².